The summed E-state index contributed by atoms with van der Waals surface area (Å²) in [5.41, 5.74) is 2.29. The lowest BCUT2D eigenvalue weighted by molar-refractivity contribution is 0.0607. The van der Waals surface area contributed by atoms with E-state index in [0.717, 1.165) is 24.9 Å². The third kappa shape index (κ3) is 4.92. The van der Waals surface area contributed by atoms with Crippen LogP contribution in [0.1, 0.15) is 47.3 Å². The Hall–Kier alpha value is -1.18. The summed E-state index contributed by atoms with van der Waals surface area (Å²) in [5, 5.41) is 6.82. The highest BCUT2D eigenvalue weighted by molar-refractivity contribution is 7.80. The summed E-state index contributed by atoms with van der Waals surface area (Å²) in [6.45, 7) is 8.04. The maximum atomic E-state index is 12.2. The Morgan fingerprint density at radius 1 is 1.36 bits per heavy atom. The molecule has 140 valence electrons. The predicted molar refractivity (Wildman–Crippen MR) is 107 cm³/mol. The van der Waals surface area contributed by atoms with Crippen molar-refractivity contribution >= 4 is 40.3 Å². The zero-order valence-corrected chi connectivity index (χ0v) is 17.3. The van der Waals surface area contributed by atoms with Crippen molar-refractivity contribution in [3.8, 4) is 0 Å². The number of thiophene rings is 1. The maximum Gasteiger partial charge on any atom is 0.350 e. The minimum Gasteiger partial charge on any atom is -0.465 e. The van der Waals surface area contributed by atoms with E-state index in [4.69, 9.17) is 21.7 Å². The number of hydrogen-bond acceptors (Lipinski definition) is 5. The lowest BCUT2D eigenvalue weighted by Gasteiger charge is -2.34. The highest BCUT2D eigenvalue weighted by atomic mass is 32.1. The number of hydrogen-bond donors (Lipinski definition) is 2. The second-order valence-corrected chi connectivity index (χ2v) is 8.89. The Bertz CT molecular complexity index is 635. The van der Waals surface area contributed by atoms with Gasteiger partial charge in [0.05, 0.1) is 19.4 Å². The van der Waals surface area contributed by atoms with Crippen molar-refractivity contribution in [3.05, 3.63) is 15.3 Å². The van der Waals surface area contributed by atoms with Crippen LogP contribution in [0.3, 0.4) is 0 Å². The number of esters is 1. The first-order valence-electron chi connectivity index (χ1n) is 8.54. The average molecular weight is 385 g/mol. The van der Waals surface area contributed by atoms with Crippen LogP contribution in [0.5, 0.6) is 0 Å². The molecule has 0 bridgehead atoms. The van der Waals surface area contributed by atoms with Crippen molar-refractivity contribution in [1.82, 2.24) is 5.32 Å². The van der Waals surface area contributed by atoms with Crippen molar-refractivity contribution < 1.29 is 14.3 Å². The average Bonchev–Trinajstić information content (AvgIpc) is 2.91. The van der Waals surface area contributed by atoms with Crippen LogP contribution in [0.25, 0.3) is 0 Å². The van der Waals surface area contributed by atoms with E-state index in [1.54, 1.807) is 7.11 Å². The fourth-order valence-corrected chi connectivity index (χ4v) is 4.62. The van der Waals surface area contributed by atoms with Gasteiger partial charge in [-0.3, -0.25) is 0 Å². The fourth-order valence-electron chi connectivity index (χ4n) is 3.12. The van der Waals surface area contributed by atoms with Crippen LogP contribution in [0.15, 0.2) is 0 Å². The molecule has 0 saturated heterocycles. The summed E-state index contributed by atoms with van der Waals surface area (Å²) in [4.78, 5) is 14.1. The van der Waals surface area contributed by atoms with Crippen LogP contribution in [0, 0.1) is 11.3 Å². The molecule has 0 fully saturated rings. The number of rotatable bonds is 5. The van der Waals surface area contributed by atoms with E-state index in [0.29, 0.717) is 29.1 Å². The minimum atomic E-state index is -0.311. The Morgan fingerprint density at radius 3 is 2.68 bits per heavy atom. The zero-order chi connectivity index (χ0) is 18.6. The number of thiocarbonyl (C=S) groups is 1. The van der Waals surface area contributed by atoms with Crippen molar-refractivity contribution in [1.29, 1.82) is 0 Å². The first-order valence-corrected chi connectivity index (χ1v) is 9.77. The van der Waals surface area contributed by atoms with Gasteiger partial charge in [0.25, 0.3) is 0 Å². The third-order valence-electron chi connectivity index (χ3n) is 4.69. The molecule has 1 aliphatic rings. The topological polar surface area (TPSA) is 59.6 Å². The molecule has 25 heavy (non-hydrogen) atoms. The van der Waals surface area contributed by atoms with E-state index >= 15 is 0 Å². The van der Waals surface area contributed by atoms with Gasteiger partial charge in [0.15, 0.2) is 5.11 Å². The van der Waals surface area contributed by atoms with E-state index < -0.39 is 0 Å². The Kier molecular flexibility index (Phi) is 6.82. The van der Waals surface area contributed by atoms with E-state index in [9.17, 15) is 4.79 Å². The van der Waals surface area contributed by atoms with Gasteiger partial charge in [-0.05, 0) is 48.4 Å². The van der Waals surface area contributed by atoms with Crippen molar-refractivity contribution in [3.63, 3.8) is 0 Å². The maximum absolute atomic E-state index is 12.2. The number of carbonyl (C=O) groups excluding carboxylic acids is 1. The monoisotopic (exact) mass is 384 g/mol. The molecule has 1 heterocycles. The highest BCUT2D eigenvalue weighted by Crippen LogP contribution is 2.44. The molecular weight excluding hydrogens is 356 g/mol. The molecule has 2 N–H and O–H groups in total. The first kappa shape index (κ1) is 20.1. The van der Waals surface area contributed by atoms with E-state index in [1.807, 2.05) is 0 Å². The van der Waals surface area contributed by atoms with Gasteiger partial charge in [-0.15, -0.1) is 11.3 Å². The highest BCUT2D eigenvalue weighted by Gasteiger charge is 2.33. The van der Waals surface area contributed by atoms with Crippen molar-refractivity contribution in [2.75, 3.05) is 32.7 Å². The standard InChI is InChI=1S/C18H28N2O3S2/c1-18(2,3)11-6-7-12-13(10-11)25-15(16(21)23-5)14(12)20-17(24)19-8-9-22-4/h11H,6-10H2,1-5H3,(H2,19,20,24)/t11-/m0/s1. The van der Waals surface area contributed by atoms with E-state index in [1.165, 1.54) is 28.9 Å². The number of anilines is 1. The molecule has 1 aliphatic carbocycles. The van der Waals surface area contributed by atoms with Crippen LogP contribution < -0.4 is 10.6 Å². The molecular formula is C18H28N2O3S2. The van der Waals surface area contributed by atoms with Crippen LogP contribution >= 0.6 is 23.6 Å². The van der Waals surface area contributed by atoms with Gasteiger partial charge in [0, 0.05) is 18.5 Å². The molecule has 0 aromatic carbocycles. The Balaban J connectivity index is 2.25. The van der Waals surface area contributed by atoms with Crippen molar-refractivity contribution in [2.24, 2.45) is 11.3 Å². The molecule has 2 rings (SSSR count). The molecule has 1 aromatic rings. The Labute approximate surface area is 159 Å². The molecule has 7 heteroatoms. The van der Waals surface area contributed by atoms with Crippen LogP contribution in [0.2, 0.25) is 0 Å². The lowest BCUT2D eigenvalue weighted by atomic mass is 9.72. The molecule has 1 aromatic heterocycles. The predicted octanol–water partition coefficient (Wildman–Crippen LogP) is 3.62. The van der Waals surface area contributed by atoms with Gasteiger partial charge >= 0.3 is 5.97 Å². The summed E-state index contributed by atoms with van der Waals surface area (Å²) in [7, 11) is 3.06. The van der Waals surface area contributed by atoms with Gasteiger partial charge in [-0.25, -0.2) is 4.79 Å². The largest absolute Gasteiger partial charge is 0.465 e. The van der Waals surface area contributed by atoms with Crippen LogP contribution in [-0.4, -0.2) is 38.5 Å². The first-order chi connectivity index (χ1) is 11.8. The summed E-state index contributed by atoms with van der Waals surface area (Å²) in [6, 6.07) is 0. The normalized spacial score (nSPS) is 16.9. The summed E-state index contributed by atoms with van der Waals surface area (Å²) in [5.74, 6) is 0.303. The quantitative estimate of drug-likeness (QED) is 0.459. The molecule has 0 spiro atoms. The second kappa shape index (κ2) is 8.47. The van der Waals surface area contributed by atoms with Gasteiger partial charge in [-0.2, -0.15) is 0 Å². The third-order valence-corrected chi connectivity index (χ3v) is 6.17. The number of fused-ring (bicyclic) bond motifs is 1. The molecule has 0 amide bonds. The summed E-state index contributed by atoms with van der Waals surface area (Å²) >= 11 is 6.90. The lowest BCUT2D eigenvalue weighted by Crippen LogP contribution is -2.32. The van der Waals surface area contributed by atoms with Gasteiger partial charge in [-0.1, -0.05) is 20.8 Å². The molecule has 0 aliphatic heterocycles. The van der Waals surface area contributed by atoms with Crippen LogP contribution in [0.4, 0.5) is 5.69 Å². The van der Waals surface area contributed by atoms with Gasteiger partial charge < -0.3 is 20.1 Å². The van der Waals surface area contributed by atoms with Gasteiger partial charge in [0.2, 0.25) is 0 Å². The SMILES string of the molecule is COCCNC(=S)Nc1c(C(=O)OC)sc2c1CC[C@H](C(C)(C)C)C2. The summed E-state index contributed by atoms with van der Waals surface area (Å²) < 4.78 is 10.00. The second-order valence-electron chi connectivity index (χ2n) is 7.38. The number of carbonyl (C=O) groups is 1. The fraction of sp³-hybridized carbons (Fsp3) is 0.667. The zero-order valence-electron chi connectivity index (χ0n) is 15.7. The van der Waals surface area contributed by atoms with E-state index in [2.05, 4.69) is 31.4 Å². The summed E-state index contributed by atoms with van der Waals surface area (Å²) in [6.07, 6.45) is 3.07. The smallest absolute Gasteiger partial charge is 0.350 e. The number of ether oxygens (including phenoxy) is 2. The van der Waals surface area contributed by atoms with Crippen LogP contribution in [-0.2, 0) is 22.3 Å². The number of methoxy groups -OCH3 is 2. The van der Waals surface area contributed by atoms with Gasteiger partial charge in [0.1, 0.15) is 4.88 Å². The minimum absolute atomic E-state index is 0.262. The molecule has 0 radical (unpaired) electrons. The Morgan fingerprint density at radius 2 is 2.08 bits per heavy atom. The number of nitrogens with one attached hydrogen (secondary N) is 2. The molecule has 0 saturated carbocycles. The van der Waals surface area contributed by atoms with E-state index in [-0.39, 0.29) is 11.4 Å². The molecule has 5 nitrogen and oxygen atoms in total. The molecule has 0 unspecified atom stereocenters. The van der Waals surface area contributed by atoms with Crippen molar-refractivity contribution in [2.45, 2.75) is 40.0 Å². The molecule has 1 atom stereocenters.